The van der Waals surface area contributed by atoms with Crippen LogP contribution in [0.1, 0.15) is 39.5 Å². The number of amides is 2. The Morgan fingerprint density at radius 2 is 1.97 bits per heavy atom. The summed E-state index contributed by atoms with van der Waals surface area (Å²) in [5, 5.41) is 2.75. The van der Waals surface area contributed by atoms with Gasteiger partial charge in [-0.1, -0.05) is 6.07 Å². The third kappa shape index (κ3) is 4.94. The van der Waals surface area contributed by atoms with Gasteiger partial charge >= 0.3 is 0 Å². The first-order chi connectivity index (χ1) is 14.8. The molecule has 1 N–H and O–H groups in total. The fraction of sp³-hybridized carbons (Fsp3) is 0.609. The Bertz CT molecular complexity index is 805. The van der Waals surface area contributed by atoms with Gasteiger partial charge in [0.05, 0.1) is 17.9 Å². The molecule has 0 bridgehead atoms. The van der Waals surface area contributed by atoms with Gasteiger partial charge in [-0.15, -0.1) is 0 Å². The van der Waals surface area contributed by atoms with Crippen LogP contribution in [0.4, 0.5) is 11.4 Å². The first-order valence-electron chi connectivity index (χ1n) is 11.0. The second-order valence-electron chi connectivity index (χ2n) is 8.98. The van der Waals surface area contributed by atoms with E-state index in [1.54, 1.807) is 11.9 Å². The molecule has 1 aromatic carbocycles. The number of nitrogens with one attached hydrogen (secondary N) is 1. The third-order valence-corrected chi connectivity index (χ3v) is 6.24. The molecule has 8 heteroatoms. The molecule has 170 valence electrons. The highest BCUT2D eigenvalue weighted by Crippen LogP contribution is 2.45. The molecular weight excluding hydrogens is 396 g/mol. The number of hydrogen-bond acceptors (Lipinski definition) is 6. The number of piperidine rings is 1. The standard InChI is InChI=1S/C23H34N4O4/c1-23(2)15-27(20(9-6-14-28)22(30)24-3)19-8-5-7-18(21(19)31-23)26-12-10-17(11-13-26)25(4)16-29/h5,7-8,14,16-17,20H,6,9-13,15H2,1-4H3,(H,24,30). The summed E-state index contributed by atoms with van der Waals surface area (Å²) in [6.07, 6.45) is 4.32. The molecule has 1 atom stereocenters. The van der Waals surface area contributed by atoms with Gasteiger partial charge in [-0.25, -0.2) is 0 Å². The Labute approximate surface area is 184 Å². The summed E-state index contributed by atoms with van der Waals surface area (Å²) in [4.78, 5) is 41.0. The van der Waals surface area contributed by atoms with Crippen LogP contribution in [0.5, 0.6) is 5.75 Å². The maximum Gasteiger partial charge on any atom is 0.242 e. The van der Waals surface area contributed by atoms with Crippen molar-refractivity contribution in [2.24, 2.45) is 0 Å². The van der Waals surface area contributed by atoms with Gasteiger partial charge in [0, 0.05) is 39.6 Å². The van der Waals surface area contributed by atoms with E-state index in [0.717, 1.165) is 55.8 Å². The smallest absolute Gasteiger partial charge is 0.242 e. The topological polar surface area (TPSA) is 82.2 Å². The van der Waals surface area contributed by atoms with Crippen molar-refractivity contribution in [2.45, 2.75) is 57.2 Å². The zero-order valence-electron chi connectivity index (χ0n) is 19.0. The van der Waals surface area contributed by atoms with E-state index in [2.05, 4.69) is 21.2 Å². The third-order valence-electron chi connectivity index (χ3n) is 6.24. The Morgan fingerprint density at radius 1 is 1.29 bits per heavy atom. The maximum atomic E-state index is 12.7. The van der Waals surface area contributed by atoms with E-state index in [1.807, 2.05) is 33.0 Å². The van der Waals surface area contributed by atoms with Crippen molar-refractivity contribution in [3.63, 3.8) is 0 Å². The van der Waals surface area contributed by atoms with Crippen LogP contribution in [-0.4, -0.2) is 74.9 Å². The fourth-order valence-corrected chi connectivity index (χ4v) is 4.60. The number of nitrogens with zero attached hydrogens (tertiary/aromatic N) is 3. The highest BCUT2D eigenvalue weighted by atomic mass is 16.5. The number of carbonyl (C=O) groups is 3. The molecule has 2 aliphatic heterocycles. The Morgan fingerprint density at radius 3 is 2.58 bits per heavy atom. The van der Waals surface area contributed by atoms with Crippen LogP contribution in [0.15, 0.2) is 18.2 Å². The number of likely N-dealkylation sites (N-methyl/N-ethyl adjacent to an activating group) is 1. The minimum atomic E-state index is -0.493. The zero-order chi connectivity index (χ0) is 22.6. The van der Waals surface area contributed by atoms with Crippen LogP contribution in [-0.2, 0) is 14.4 Å². The number of ether oxygens (including phenoxy) is 1. The molecule has 0 aliphatic carbocycles. The summed E-state index contributed by atoms with van der Waals surface area (Å²) < 4.78 is 6.45. The van der Waals surface area contributed by atoms with Crippen molar-refractivity contribution < 1.29 is 19.1 Å². The van der Waals surface area contributed by atoms with Crippen molar-refractivity contribution in [3.8, 4) is 5.75 Å². The van der Waals surface area contributed by atoms with E-state index in [4.69, 9.17) is 4.74 Å². The largest absolute Gasteiger partial charge is 0.482 e. The quantitative estimate of drug-likeness (QED) is 0.634. The number of hydrogen-bond donors (Lipinski definition) is 1. The summed E-state index contributed by atoms with van der Waals surface area (Å²) in [5.41, 5.74) is 1.39. The second-order valence-corrected chi connectivity index (χ2v) is 8.98. The zero-order valence-corrected chi connectivity index (χ0v) is 19.0. The van der Waals surface area contributed by atoms with Crippen molar-refractivity contribution >= 4 is 30.0 Å². The van der Waals surface area contributed by atoms with Gasteiger partial charge in [-0.3, -0.25) is 9.59 Å². The van der Waals surface area contributed by atoms with E-state index in [1.165, 1.54) is 0 Å². The minimum absolute atomic E-state index is 0.103. The molecule has 31 heavy (non-hydrogen) atoms. The van der Waals surface area contributed by atoms with Crippen molar-refractivity contribution in [1.82, 2.24) is 10.2 Å². The second kappa shape index (κ2) is 9.58. The number of anilines is 2. The minimum Gasteiger partial charge on any atom is -0.482 e. The summed E-state index contributed by atoms with van der Waals surface area (Å²) in [5.74, 6) is 0.676. The molecule has 2 heterocycles. The lowest BCUT2D eigenvalue weighted by atomic mass is 9.98. The summed E-state index contributed by atoms with van der Waals surface area (Å²) in [6.45, 7) is 6.24. The van der Waals surface area contributed by atoms with Gasteiger partial charge < -0.3 is 29.5 Å². The van der Waals surface area contributed by atoms with E-state index < -0.39 is 11.6 Å². The van der Waals surface area contributed by atoms with Crippen molar-refractivity contribution in [2.75, 3.05) is 43.5 Å². The van der Waals surface area contributed by atoms with Gasteiger partial charge in [0.15, 0.2) is 5.75 Å². The first-order valence-corrected chi connectivity index (χ1v) is 11.0. The first kappa shape index (κ1) is 22.9. The van der Waals surface area contributed by atoms with E-state index >= 15 is 0 Å². The highest BCUT2D eigenvalue weighted by molar-refractivity contribution is 5.87. The van der Waals surface area contributed by atoms with Crippen LogP contribution in [0.3, 0.4) is 0 Å². The molecule has 2 amide bonds. The van der Waals surface area contributed by atoms with Crippen LogP contribution in [0.2, 0.25) is 0 Å². The van der Waals surface area contributed by atoms with Crippen LogP contribution in [0.25, 0.3) is 0 Å². The number of rotatable bonds is 8. The number of fused-ring (bicyclic) bond motifs is 1. The summed E-state index contributed by atoms with van der Waals surface area (Å²) >= 11 is 0. The fourth-order valence-electron chi connectivity index (χ4n) is 4.60. The average molecular weight is 431 g/mol. The van der Waals surface area contributed by atoms with Gasteiger partial charge in [0.2, 0.25) is 12.3 Å². The summed E-state index contributed by atoms with van der Waals surface area (Å²) in [6, 6.07) is 5.84. The highest BCUT2D eigenvalue weighted by Gasteiger charge is 2.39. The molecule has 0 radical (unpaired) electrons. The molecular formula is C23H34N4O4. The van der Waals surface area contributed by atoms with E-state index in [0.29, 0.717) is 19.4 Å². The molecule has 1 saturated heterocycles. The van der Waals surface area contributed by atoms with Crippen LogP contribution in [0, 0.1) is 0 Å². The predicted octanol–water partition coefficient (Wildman–Crippen LogP) is 1.81. The number of carbonyl (C=O) groups excluding carboxylic acids is 3. The van der Waals surface area contributed by atoms with Gasteiger partial charge in [0.25, 0.3) is 0 Å². The monoisotopic (exact) mass is 430 g/mol. The summed E-state index contributed by atoms with van der Waals surface area (Å²) in [7, 11) is 3.46. The molecule has 2 aliphatic rings. The Balaban J connectivity index is 1.93. The molecule has 1 aromatic rings. The SMILES string of the molecule is CNC(=O)C(CCC=O)N1CC(C)(C)Oc2c(N3CCC(N(C)C=O)CC3)cccc21. The average Bonchev–Trinajstić information content (AvgIpc) is 2.77. The van der Waals surface area contributed by atoms with Crippen LogP contribution < -0.4 is 19.9 Å². The molecule has 1 fully saturated rings. The predicted molar refractivity (Wildman–Crippen MR) is 121 cm³/mol. The number of para-hydroxylation sites is 1. The Kier molecular flexibility index (Phi) is 7.08. The van der Waals surface area contributed by atoms with Crippen LogP contribution >= 0.6 is 0 Å². The lowest BCUT2D eigenvalue weighted by Gasteiger charge is -2.46. The normalized spacial score (nSPS) is 19.1. The number of aldehydes is 1. The molecule has 1 unspecified atom stereocenters. The van der Waals surface area contributed by atoms with Gasteiger partial charge in [-0.05, 0) is 45.2 Å². The molecule has 8 nitrogen and oxygen atoms in total. The van der Waals surface area contributed by atoms with Crippen molar-refractivity contribution in [1.29, 1.82) is 0 Å². The van der Waals surface area contributed by atoms with Crippen molar-refractivity contribution in [3.05, 3.63) is 18.2 Å². The molecule has 0 aromatic heterocycles. The number of benzene rings is 1. The molecule has 0 saturated carbocycles. The maximum absolute atomic E-state index is 12.7. The lowest BCUT2D eigenvalue weighted by Crippen LogP contribution is -2.55. The van der Waals surface area contributed by atoms with Gasteiger partial charge in [0.1, 0.15) is 17.9 Å². The Hall–Kier alpha value is -2.77. The van der Waals surface area contributed by atoms with E-state index in [9.17, 15) is 14.4 Å². The molecule has 0 spiro atoms. The lowest BCUT2D eigenvalue weighted by molar-refractivity contribution is -0.122. The van der Waals surface area contributed by atoms with Gasteiger partial charge in [-0.2, -0.15) is 0 Å². The molecule has 3 rings (SSSR count). The van der Waals surface area contributed by atoms with E-state index in [-0.39, 0.29) is 11.9 Å².